The molecule has 0 saturated carbocycles. The van der Waals surface area contributed by atoms with Crippen LogP contribution in [0.5, 0.6) is 0 Å². The van der Waals surface area contributed by atoms with Gasteiger partial charge in [-0.15, -0.1) is 0 Å². The molecule has 2 heterocycles. The molecule has 0 spiro atoms. The number of amides is 1. The molecule has 0 aliphatic heterocycles. The van der Waals surface area contributed by atoms with Crippen molar-refractivity contribution in [1.29, 1.82) is 0 Å². The summed E-state index contributed by atoms with van der Waals surface area (Å²) in [5.41, 5.74) is 3.29. The first-order chi connectivity index (χ1) is 9.66. The Morgan fingerprint density at radius 2 is 2.15 bits per heavy atom. The molecule has 0 atom stereocenters. The molecule has 0 bridgehead atoms. The Balaban J connectivity index is 1.88. The van der Waals surface area contributed by atoms with Gasteiger partial charge < -0.3 is 14.3 Å². The minimum Gasteiger partial charge on any atom is -0.450 e. The van der Waals surface area contributed by atoms with E-state index < -0.39 is 0 Å². The molecule has 5 heteroatoms. The standard InChI is InChI=1S/C15H14N2O3/c1-9-4-3-5-12-10(2)14(20-13(9)12)15(18)16-8-11-6-7-19-17-11/h3-7H,8H2,1-2H3,(H,16,18). The van der Waals surface area contributed by atoms with Crippen molar-refractivity contribution in [3.05, 3.63) is 53.1 Å². The lowest BCUT2D eigenvalue weighted by molar-refractivity contribution is 0.0923. The summed E-state index contributed by atoms with van der Waals surface area (Å²) in [6, 6.07) is 7.57. The van der Waals surface area contributed by atoms with Crippen LogP contribution in [0.1, 0.15) is 27.4 Å². The van der Waals surface area contributed by atoms with Gasteiger partial charge >= 0.3 is 0 Å². The fourth-order valence-corrected chi connectivity index (χ4v) is 2.18. The summed E-state index contributed by atoms with van der Waals surface area (Å²) in [5, 5.41) is 7.48. The van der Waals surface area contributed by atoms with E-state index in [-0.39, 0.29) is 5.91 Å². The van der Waals surface area contributed by atoms with Crippen molar-refractivity contribution in [2.75, 3.05) is 0 Å². The highest BCUT2D eigenvalue weighted by atomic mass is 16.5. The van der Waals surface area contributed by atoms with Gasteiger partial charge in [0.15, 0.2) is 5.76 Å². The molecule has 3 aromatic rings. The predicted molar refractivity (Wildman–Crippen MR) is 73.4 cm³/mol. The number of nitrogens with one attached hydrogen (secondary N) is 1. The number of benzene rings is 1. The van der Waals surface area contributed by atoms with Crippen LogP contribution in [0.15, 0.2) is 39.5 Å². The Hall–Kier alpha value is -2.56. The molecular weight excluding hydrogens is 256 g/mol. The summed E-state index contributed by atoms with van der Waals surface area (Å²) >= 11 is 0. The number of aromatic nitrogens is 1. The Bertz CT molecular complexity index is 757. The molecule has 0 saturated heterocycles. The molecule has 0 aliphatic carbocycles. The van der Waals surface area contributed by atoms with E-state index in [2.05, 4.69) is 10.5 Å². The third-order valence-corrected chi connectivity index (χ3v) is 3.29. The number of rotatable bonds is 3. The number of carbonyl (C=O) groups excluding carboxylic acids is 1. The predicted octanol–water partition coefficient (Wildman–Crippen LogP) is 2.97. The lowest BCUT2D eigenvalue weighted by Crippen LogP contribution is -2.23. The van der Waals surface area contributed by atoms with Crippen molar-refractivity contribution in [1.82, 2.24) is 10.5 Å². The Labute approximate surface area is 115 Å². The zero-order valence-corrected chi connectivity index (χ0v) is 11.3. The maximum absolute atomic E-state index is 12.2. The highest BCUT2D eigenvalue weighted by Crippen LogP contribution is 2.27. The first-order valence-corrected chi connectivity index (χ1v) is 6.33. The van der Waals surface area contributed by atoms with Gasteiger partial charge in [0.05, 0.1) is 6.54 Å². The number of carbonyl (C=O) groups is 1. The largest absolute Gasteiger partial charge is 0.450 e. The second kappa shape index (κ2) is 4.85. The van der Waals surface area contributed by atoms with Crippen LogP contribution in [0.25, 0.3) is 11.0 Å². The molecule has 20 heavy (non-hydrogen) atoms. The molecule has 5 nitrogen and oxygen atoms in total. The summed E-state index contributed by atoms with van der Waals surface area (Å²) in [7, 11) is 0. The van der Waals surface area contributed by atoms with Gasteiger partial charge in [-0.2, -0.15) is 0 Å². The highest BCUT2D eigenvalue weighted by Gasteiger charge is 2.18. The minimum atomic E-state index is -0.249. The number of aryl methyl sites for hydroxylation is 2. The van der Waals surface area contributed by atoms with E-state index in [1.54, 1.807) is 6.07 Å². The van der Waals surface area contributed by atoms with E-state index in [0.717, 1.165) is 22.1 Å². The molecule has 3 rings (SSSR count). The van der Waals surface area contributed by atoms with Crippen LogP contribution in [0.4, 0.5) is 0 Å². The van der Waals surface area contributed by atoms with Gasteiger partial charge in [0, 0.05) is 17.0 Å². The zero-order chi connectivity index (χ0) is 14.1. The zero-order valence-electron chi connectivity index (χ0n) is 11.3. The summed E-state index contributed by atoms with van der Waals surface area (Å²) in [6.07, 6.45) is 1.47. The van der Waals surface area contributed by atoms with Crippen LogP contribution in [-0.4, -0.2) is 11.1 Å². The first-order valence-electron chi connectivity index (χ1n) is 6.33. The van der Waals surface area contributed by atoms with Crippen LogP contribution in [0, 0.1) is 13.8 Å². The Morgan fingerprint density at radius 1 is 1.30 bits per heavy atom. The molecule has 102 valence electrons. The maximum atomic E-state index is 12.2. The number of nitrogens with zero attached hydrogens (tertiary/aromatic N) is 1. The third-order valence-electron chi connectivity index (χ3n) is 3.29. The fraction of sp³-hybridized carbons (Fsp3) is 0.200. The average molecular weight is 270 g/mol. The van der Waals surface area contributed by atoms with Crippen molar-refractivity contribution in [2.24, 2.45) is 0 Å². The SMILES string of the molecule is Cc1c(C(=O)NCc2ccon2)oc2c(C)cccc12. The van der Waals surface area contributed by atoms with E-state index >= 15 is 0 Å². The number of fused-ring (bicyclic) bond motifs is 1. The fourth-order valence-electron chi connectivity index (χ4n) is 2.18. The van der Waals surface area contributed by atoms with Gasteiger partial charge in [-0.1, -0.05) is 23.4 Å². The highest BCUT2D eigenvalue weighted by molar-refractivity contribution is 5.99. The van der Waals surface area contributed by atoms with Gasteiger partial charge in [-0.3, -0.25) is 4.79 Å². The third kappa shape index (κ3) is 2.07. The second-order valence-electron chi connectivity index (χ2n) is 4.68. The van der Waals surface area contributed by atoms with E-state index in [0.29, 0.717) is 18.0 Å². The summed E-state index contributed by atoms with van der Waals surface area (Å²) < 4.78 is 10.4. The number of hydrogen-bond acceptors (Lipinski definition) is 4. The second-order valence-corrected chi connectivity index (χ2v) is 4.68. The number of hydrogen-bond donors (Lipinski definition) is 1. The molecule has 1 amide bonds. The molecular formula is C15H14N2O3. The molecule has 0 unspecified atom stereocenters. The van der Waals surface area contributed by atoms with Crippen LogP contribution < -0.4 is 5.32 Å². The minimum absolute atomic E-state index is 0.249. The summed E-state index contributed by atoms with van der Waals surface area (Å²) in [4.78, 5) is 12.2. The van der Waals surface area contributed by atoms with Gasteiger partial charge in [0.2, 0.25) is 0 Å². The summed E-state index contributed by atoms with van der Waals surface area (Å²) in [5.74, 6) is 0.0962. The van der Waals surface area contributed by atoms with Gasteiger partial charge in [-0.05, 0) is 19.4 Å². The first kappa shape index (κ1) is 12.5. The van der Waals surface area contributed by atoms with Crippen molar-refractivity contribution < 1.29 is 13.7 Å². The van der Waals surface area contributed by atoms with Gasteiger partial charge in [-0.25, -0.2) is 0 Å². The Morgan fingerprint density at radius 3 is 2.85 bits per heavy atom. The smallest absolute Gasteiger partial charge is 0.287 e. The Kier molecular flexibility index (Phi) is 3.02. The van der Waals surface area contributed by atoms with E-state index in [1.165, 1.54) is 6.26 Å². The molecule has 2 aromatic heterocycles. The van der Waals surface area contributed by atoms with Crippen molar-refractivity contribution in [3.63, 3.8) is 0 Å². The van der Waals surface area contributed by atoms with Crippen molar-refractivity contribution in [2.45, 2.75) is 20.4 Å². The van der Waals surface area contributed by atoms with Gasteiger partial charge in [0.25, 0.3) is 5.91 Å². The van der Waals surface area contributed by atoms with Crippen LogP contribution in [0.3, 0.4) is 0 Å². The van der Waals surface area contributed by atoms with Crippen LogP contribution in [0.2, 0.25) is 0 Å². The van der Waals surface area contributed by atoms with Crippen LogP contribution >= 0.6 is 0 Å². The average Bonchev–Trinajstić information content (AvgIpc) is 3.06. The van der Waals surface area contributed by atoms with E-state index in [9.17, 15) is 4.79 Å². The van der Waals surface area contributed by atoms with E-state index in [1.807, 2.05) is 32.0 Å². The number of furan rings is 1. The number of para-hydroxylation sites is 1. The maximum Gasteiger partial charge on any atom is 0.287 e. The lowest BCUT2D eigenvalue weighted by atomic mass is 10.1. The quantitative estimate of drug-likeness (QED) is 0.794. The molecule has 0 fully saturated rings. The molecule has 1 aromatic carbocycles. The lowest BCUT2D eigenvalue weighted by Gasteiger charge is -2.00. The normalized spacial score (nSPS) is 10.9. The van der Waals surface area contributed by atoms with Crippen molar-refractivity contribution >= 4 is 16.9 Å². The molecule has 0 aliphatic rings. The van der Waals surface area contributed by atoms with E-state index in [4.69, 9.17) is 8.94 Å². The van der Waals surface area contributed by atoms with Crippen LogP contribution in [-0.2, 0) is 6.54 Å². The molecule has 1 N–H and O–H groups in total. The topological polar surface area (TPSA) is 68.3 Å². The summed E-state index contributed by atoms with van der Waals surface area (Å²) in [6.45, 7) is 4.16. The monoisotopic (exact) mass is 270 g/mol. The van der Waals surface area contributed by atoms with Gasteiger partial charge in [0.1, 0.15) is 17.5 Å². The molecule has 0 radical (unpaired) electrons. The van der Waals surface area contributed by atoms with Crippen molar-refractivity contribution in [3.8, 4) is 0 Å².